The third-order valence-electron chi connectivity index (χ3n) is 5.97. The van der Waals surface area contributed by atoms with E-state index < -0.39 is 0 Å². The molecule has 3 heterocycles. The first kappa shape index (κ1) is 22.0. The molecule has 0 bridgehead atoms. The molecule has 2 aromatic carbocycles. The van der Waals surface area contributed by atoms with E-state index in [1.807, 2.05) is 39.6 Å². The van der Waals surface area contributed by atoms with E-state index in [1.54, 1.807) is 24.3 Å². The summed E-state index contributed by atoms with van der Waals surface area (Å²) in [6.45, 7) is 6.52. The number of piperazine rings is 1. The summed E-state index contributed by atoms with van der Waals surface area (Å²) in [7, 11) is 0. The molecular formula is C24H24N6O3S. The van der Waals surface area contributed by atoms with Crippen molar-refractivity contribution in [3.63, 3.8) is 0 Å². The lowest BCUT2D eigenvalue weighted by Crippen LogP contribution is -2.49. The molecule has 34 heavy (non-hydrogen) atoms. The molecule has 1 amide bonds. The van der Waals surface area contributed by atoms with Crippen molar-refractivity contribution in [2.75, 3.05) is 36.8 Å². The van der Waals surface area contributed by atoms with Gasteiger partial charge in [-0.25, -0.2) is 0 Å². The van der Waals surface area contributed by atoms with E-state index >= 15 is 0 Å². The predicted molar refractivity (Wildman–Crippen MR) is 133 cm³/mol. The number of para-hydroxylation sites is 3. The summed E-state index contributed by atoms with van der Waals surface area (Å²) in [5.74, 6) is 0.905. The lowest BCUT2D eigenvalue weighted by molar-refractivity contribution is -0.128. The maximum absolute atomic E-state index is 12.9. The van der Waals surface area contributed by atoms with Crippen molar-refractivity contribution < 1.29 is 9.90 Å². The summed E-state index contributed by atoms with van der Waals surface area (Å²) in [5.41, 5.74) is 1.35. The predicted octanol–water partition coefficient (Wildman–Crippen LogP) is 2.38. The summed E-state index contributed by atoms with van der Waals surface area (Å²) < 4.78 is 3.36. The average molecular weight is 477 g/mol. The minimum Gasteiger partial charge on any atom is -0.506 e. The van der Waals surface area contributed by atoms with E-state index in [2.05, 4.69) is 21.7 Å². The number of rotatable bonds is 6. The molecule has 1 aliphatic heterocycles. The Hall–Kier alpha value is -3.79. The van der Waals surface area contributed by atoms with Gasteiger partial charge in [0.25, 0.3) is 5.56 Å². The number of anilines is 1. The fourth-order valence-electron chi connectivity index (χ4n) is 4.27. The molecule has 0 spiro atoms. The Kier molecular flexibility index (Phi) is 5.97. The number of allylic oxidation sites excluding steroid dienone is 1. The number of thioether (sulfide) groups is 1. The first-order valence-corrected chi connectivity index (χ1v) is 12.0. The number of aromatic hydroxyl groups is 1. The lowest BCUT2D eigenvalue weighted by Gasteiger charge is -2.36. The Morgan fingerprint density at radius 1 is 1.06 bits per heavy atom. The Balaban J connectivity index is 1.33. The number of benzene rings is 2. The Morgan fingerprint density at radius 2 is 1.79 bits per heavy atom. The van der Waals surface area contributed by atoms with Gasteiger partial charge in [0.05, 0.1) is 22.3 Å². The normalized spacial score (nSPS) is 14.1. The molecule has 0 radical (unpaired) electrons. The maximum Gasteiger partial charge on any atom is 0.263 e. The summed E-state index contributed by atoms with van der Waals surface area (Å²) in [6, 6.07) is 14.6. The van der Waals surface area contributed by atoms with Crippen LogP contribution < -0.4 is 10.5 Å². The van der Waals surface area contributed by atoms with Crippen LogP contribution >= 0.6 is 11.8 Å². The van der Waals surface area contributed by atoms with Gasteiger partial charge in [-0.15, -0.1) is 16.8 Å². The number of carbonyl (C=O) groups is 1. The second-order valence-electron chi connectivity index (χ2n) is 7.98. The van der Waals surface area contributed by atoms with Crippen LogP contribution in [0.4, 0.5) is 5.69 Å². The molecule has 0 aliphatic carbocycles. The van der Waals surface area contributed by atoms with Gasteiger partial charge >= 0.3 is 0 Å². The molecule has 4 aromatic rings. The zero-order chi connectivity index (χ0) is 23.7. The van der Waals surface area contributed by atoms with Crippen LogP contribution in [-0.2, 0) is 11.3 Å². The largest absolute Gasteiger partial charge is 0.506 e. The molecule has 0 unspecified atom stereocenters. The van der Waals surface area contributed by atoms with Crippen LogP contribution in [0, 0.1) is 0 Å². The second kappa shape index (κ2) is 9.22. The Bertz CT molecular complexity index is 1440. The molecule has 5 rings (SSSR count). The topological polar surface area (TPSA) is 96.0 Å². The molecule has 2 aromatic heterocycles. The van der Waals surface area contributed by atoms with Gasteiger partial charge in [-0.1, -0.05) is 42.1 Å². The highest BCUT2D eigenvalue weighted by atomic mass is 32.2. The molecule has 9 nitrogen and oxygen atoms in total. The SMILES string of the molecule is C=CCn1c(=O)c2ccccc2n2c(SCC(=O)N3CCN(c4ccccc4O)CC3)nnc12. The van der Waals surface area contributed by atoms with Crippen LogP contribution in [0.1, 0.15) is 0 Å². The lowest BCUT2D eigenvalue weighted by atomic mass is 10.2. The zero-order valence-corrected chi connectivity index (χ0v) is 19.3. The summed E-state index contributed by atoms with van der Waals surface area (Å²) in [5, 5.41) is 19.7. The van der Waals surface area contributed by atoms with Crippen molar-refractivity contribution in [2.45, 2.75) is 11.7 Å². The number of fused-ring (bicyclic) bond motifs is 3. The number of aromatic nitrogens is 4. The van der Waals surface area contributed by atoms with E-state index in [-0.39, 0.29) is 23.0 Å². The van der Waals surface area contributed by atoms with Crippen molar-refractivity contribution in [2.24, 2.45) is 0 Å². The Morgan fingerprint density at radius 3 is 2.56 bits per heavy atom. The van der Waals surface area contributed by atoms with Gasteiger partial charge in [0.1, 0.15) is 5.75 Å². The van der Waals surface area contributed by atoms with Gasteiger partial charge in [-0.05, 0) is 24.3 Å². The highest BCUT2D eigenvalue weighted by Crippen LogP contribution is 2.27. The number of nitrogens with zero attached hydrogens (tertiary/aromatic N) is 6. The highest BCUT2D eigenvalue weighted by molar-refractivity contribution is 7.99. The van der Waals surface area contributed by atoms with Gasteiger partial charge in [0, 0.05) is 32.7 Å². The maximum atomic E-state index is 12.9. The van der Waals surface area contributed by atoms with Crippen LogP contribution in [-0.4, -0.2) is 67.0 Å². The summed E-state index contributed by atoms with van der Waals surface area (Å²) >= 11 is 1.31. The van der Waals surface area contributed by atoms with Crippen LogP contribution in [0.15, 0.2) is 71.1 Å². The van der Waals surface area contributed by atoms with E-state index in [9.17, 15) is 14.7 Å². The quantitative estimate of drug-likeness (QED) is 0.337. The van der Waals surface area contributed by atoms with Crippen molar-refractivity contribution in [3.05, 3.63) is 71.5 Å². The number of hydrogen-bond donors (Lipinski definition) is 1. The van der Waals surface area contributed by atoms with E-state index in [1.165, 1.54) is 16.3 Å². The van der Waals surface area contributed by atoms with Crippen LogP contribution in [0.5, 0.6) is 5.75 Å². The van der Waals surface area contributed by atoms with Gasteiger partial charge in [-0.3, -0.25) is 18.6 Å². The molecular weight excluding hydrogens is 452 g/mol. The second-order valence-corrected chi connectivity index (χ2v) is 8.93. The summed E-state index contributed by atoms with van der Waals surface area (Å²) in [6.07, 6.45) is 1.65. The fraction of sp³-hybridized carbons (Fsp3) is 0.250. The third kappa shape index (κ3) is 3.90. The van der Waals surface area contributed by atoms with Crippen LogP contribution in [0.25, 0.3) is 16.7 Å². The minimum atomic E-state index is -0.148. The number of hydrogen-bond acceptors (Lipinski definition) is 7. The third-order valence-corrected chi connectivity index (χ3v) is 6.88. The number of phenols is 1. The zero-order valence-electron chi connectivity index (χ0n) is 18.5. The monoisotopic (exact) mass is 476 g/mol. The van der Waals surface area contributed by atoms with Crippen molar-refractivity contribution >= 4 is 40.0 Å². The van der Waals surface area contributed by atoms with Crippen LogP contribution in [0.2, 0.25) is 0 Å². The molecule has 1 fully saturated rings. The molecule has 174 valence electrons. The number of carbonyl (C=O) groups excluding carboxylic acids is 1. The molecule has 10 heteroatoms. The van der Waals surface area contributed by atoms with Crippen molar-refractivity contribution in [3.8, 4) is 5.75 Å². The van der Waals surface area contributed by atoms with Crippen molar-refractivity contribution in [1.82, 2.24) is 24.1 Å². The van der Waals surface area contributed by atoms with E-state index in [4.69, 9.17) is 0 Å². The first-order valence-electron chi connectivity index (χ1n) is 11.0. The van der Waals surface area contributed by atoms with Gasteiger partial charge in [0.2, 0.25) is 11.7 Å². The summed E-state index contributed by atoms with van der Waals surface area (Å²) in [4.78, 5) is 29.8. The first-order chi connectivity index (χ1) is 16.6. The fourth-order valence-corrected chi connectivity index (χ4v) is 5.11. The molecule has 0 atom stereocenters. The van der Waals surface area contributed by atoms with Gasteiger partial charge in [0.15, 0.2) is 5.16 Å². The number of phenolic OH excluding ortho intramolecular Hbond substituents is 1. The Labute approximate surface area is 199 Å². The smallest absolute Gasteiger partial charge is 0.263 e. The average Bonchev–Trinajstić information content (AvgIpc) is 3.29. The molecule has 1 N–H and O–H groups in total. The van der Waals surface area contributed by atoms with E-state index in [0.29, 0.717) is 54.6 Å². The van der Waals surface area contributed by atoms with Gasteiger partial charge < -0.3 is 14.9 Å². The molecule has 1 saturated heterocycles. The number of amides is 1. The van der Waals surface area contributed by atoms with Crippen molar-refractivity contribution in [1.29, 1.82) is 0 Å². The highest BCUT2D eigenvalue weighted by Gasteiger charge is 2.24. The van der Waals surface area contributed by atoms with Gasteiger partial charge in [-0.2, -0.15) is 0 Å². The molecule has 1 aliphatic rings. The van der Waals surface area contributed by atoms with Crippen LogP contribution in [0.3, 0.4) is 0 Å². The van der Waals surface area contributed by atoms with E-state index in [0.717, 1.165) is 5.69 Å². The standard InChI is InChI=1S/C24H24N6O3S/c1-2-11-29-22(33)17-7-3-4-8-18(17)30-23(29)25-26-24(30)34-16-21(32)28-14-12-27(13-15-28)19-9-5-6-10-20(19)31/h2-10,31H,1,11-16H2. The molecule has 0 saturated carbocycles. The minimum absolute atomic E-state index is 0.0161.